The second kappa shape index (κ2) is 3.18. The van der Waals surface area contributed by atoms with E-state index >= 15 is 0 Å². The topological polar surface area (TPSA) is 9.23 Å². The Morgan fingerprint density at radius 2 is 1.58 bits per heavy atom. The maximum absolute atomic E-state index is 11.6. The number of halogens is 3. The van der Waals surface area contributed by atoms with Crippen LogP contribution in [0.1, 0.15) is 0 Å². The lowest BCUT2D eigenvalue weighted by molar-refractivity contribution is -0.274. The smallest absolute Gasteiger partial charge is 0.573 e. The molecule has 0 radical (unpaired) electrons. The van der Waals surface area contributed by atoms with Crippen molar-refractivity contribution < 1.29 is 17.9 Å². The summed E-state index contributed by atoms with van der Waals surface area (Å²) < 4.78 is 38.4. The zero-order valence-electron chi connectivity index (χ0n) is 5.76. The Morgan fingerprint density at radius 3 is 2.00 bits per heavy atom. The van der Waals surface area contributed by atoms with Gasteiger partial charge in [-0.15, -0.1) is 13.2 Å². The van der Waals surface area contributed by atoms with E-state index in [-0.39, 0.29) is 5.75 Å². The van der Waals surface area contributed by atoms with Gasteiger partial charge in [0.15, 0.2) is 0 Å². The molecular formula is C7H4F3OS-. The number of alkyl halides is 3. The molecule has 0 aliphatic heterocycles. The fourth-order valence-corrected chi connectivity index (χ4v) is 0.777. The van der Waals surface area contributed by atoms with Gasteiger partial charge in [0, 0.05) is 0 Å². The molecule has 5 heteroatoms. The Labute approximate surface area is 72.6 Å². The molecule has 1 rings (SSSR count). The summed E-state index contributed by atoms with van der Waals surface area (Å²) in [7, 11) is 0. The van der Waals surface area contributed by atoms with Crippen molar-refractivity contribution in [3.05, 3.63) is 24.3 Å². The number of rotatable bonds is 1. The van der Waals surface area contributed by atoms with E-state index in [1.165, 1.54) is 24.3 Å². The Morgan fingerprint density at radius 1 is 1.08 bits per heavy atom. The van der Waals surface area contributed by atoms with Gasteiger partial charge >= 0.3 is 6.36 Å². The Bertz CT molecular complexity index is 254. The SMILES string of the molecule is FC(F)(F)Oc1ccc([S-])cc1. The molecular weight excluding hydrogens is 189 g/mol. The van der Waals surface area contributed by atoms with Gasteiger partial charge in [-0.2, -0.15) is 4.90 Å². The van der Waals surface area contributed by atoms with E-state index in [0.29, 0.717) is 4.90 Å². The lowest BCUT2D eigenvalue weighted by Crippen LogP contribution is -2.16. The highest BCUT2D eigenvalue weighted by atomic mass is 32.1. The van der Waals surface area contributed by atoms with Gasteiger partial charge in [0.05, 0.1) is 0 Å². The third-order valence-electron chi connectivity index (χ3n) is 1.06. The molecule has 0 aliphatic carbocycles. The third kappa shape index (κ3) is 2.96. The highest BCUT2D eigenvalue weighted by molar-refractivity contribution is 7.58. The van der Waals surface area contributed by atoms with E-state index in [9.17, 15) is 13.2 Å². The maximum atomic E-state index is 11.6. The number of ether oxygens (including phenoxy) is 1. The molecule has 0 fully saturated rings. The van der Waals surface area contributed by atoms with Crippen molar-refractivity contribution in [2.24, 2.45) is 0 Å². The van der Waals surface area contributed by atoms with E-state index in [1.807, 2.05) is 0 Å². The quantitative estimate of drug-likeness (QED) is 0.634. The van der Waals surface area contributed by atoms with Gasteiger partial charge in [-0.25, -0.2) is 0 Å². The van der Waals surface area contributed by atoms with Crippen LogP contribution in [0.15, 0.2) is 29.2 Å². The van der Waals surface area contributed by atoms with Crippen molar-refractivity contribution in [2.75, 3.05) is 0 Å². The molecule has 0 bridgehead atoms. The first-order chi connectivity index (χ1) is 5.47. The third-order valence-corrected chi connectivity index (χ3v) is 1.33. The van der Waals surface area contributed by atoms with Gasteiger partial charge in [0.1, 0.15) is 5.75 Å². The van der Waals surface area contributed by atoms with Crippen LogP contribution in [0.3, 0.4) is 0 Å². The van der Waals surface area contributed by atoms with Crippen molar-refractivity contribution >= 4 is 12.6 Å². The monoisotopic (exact) mass is 193 g/mol. The molecule has 12 heavy (non-hydrogen) atoms. The van der Waals surface area contributed by atoms with Crippen LogP contribution in [0.5, 0.6) is 5.75 Å². The molecule has 0 unspecified atom stereocenters. The van der Waals surface area contributed by atoms with E-state index in [0.717, 1.165) is 0 Å². The lowest BCUT2D eigenvalue weighted by atomic mass is 10.3. The summed E-state index contributed by atoms with van der Waals surface area (Å²) >= 11 is 4.68. The molecule has 0 saturated heterocycles. The van der Waals surface area contributed by atoms with Crippen molar-refractivity contribution in [3.8, 4) is 5.75 Å². The Hall–Kier alpha value is -0.970. The predicted octanol–water partition coefficient (Wildman–Crippen LogP) is 2.49. The number of hydrogen-bond acceptors (Lipinski definition) is 2. The fraction of sp³-hybridized carbons (Fsp3) is 0.143. The summed E-state index contributed by atoms with van der Waals surface area (Å²) in [5.74, 6) is -0.254. The van der Waals surface area contributed by atoms with Crippen LogP contribution in [0.25, 0.3) is 0 Å². The van der Waals surface area contributed by atoms with E-state index in [2.05, 4.69) is 17.4 Å². The second-order valence-electron chi connectivity index (χ2n) is 2.02. The maximum Gasteiger partial charge on any atom is 0.573 e. The van der Waals surface area contributed by atoms with Gasteiger partial charge in [-0.05, 0) is 12.1 Å². The van der Waals surface area contributed by atoms with Crippen molar-refractivity contribution in [1.29, 1.82) is 0 Å². The van der Waals surface area contributed by atoms with Crippen molar-refractivity contribution in [3.63, 3.8) is 0 Å². The number of hydrogen-bond donors (Lipinski definition) is 0. The van der Waals surface area contributed by atoms with Gasteiger partial charge in [-0.3, -0.25) is 0 Å². The standard InChI is InChI=1S/C7H5F3OS/c8-7(9,10)11-5-1-3-6(12)4-2-5/h1-4,12H/p-1. The molecule has 0 atom stereocenters. The minimum Gasteiger partial charge on any atom is -0.780 e. The highest BCUT2D eigenvalue weighted by Crippen LogP contribution is 2.22. The first kappa shape index (κ1) is 9.12. The largest absolute Gasteiger partial charge is 0.780 e. The highest BCUT2D eigenvalue weighted by Gasteiger charge is 2.30. The Kier molecular flexibility index (Phi) is 2.42. The van der Waals surface area contributed by atoms with Gasteiger partial charge in [0.25, 0.3) is 0 Å². The molecule has 1 aromatic rings. The van der Waals surface area contributed by atoms with E-state index < -0.39 is 6.36 Å². The van der Waals surface area contributed by atoms with Crippen molar-refractivity contribution in [1.82, 2.24) is 0 Å². The lowest BCUT2D eigenvalue weighted by Gasteiger charge is -2.10. The molecule has 0 N–H and O–H groups in total. The molecule has 0 aromatic heterocycles. The van der Waals surface area contributed by atoms with Crippen molar-refractivity contribution in [2.45, 2.75) is 11.3 Å². The molecule has 0 saturated carbocycles. The van der Waals surface area contributed by atoms with Gasteiger partial charge in [0.2, 0.25) is 0 Å². The summed E-state index contributed by atoms with van der Waals surface area (Å²) in [6, 6.07) is 5.10. The van der Waals surface area contributed by atoms with E-state index in [4.69, 9.17) is 0 Å². The molecule has 0 heterocycles. The van der Waals surface area contributed by atoms with Gasteiger partial charge < -0.3 is 17.4 Å². The summed E-state index contributed by atoms with van der Waals surface area (Å²) in [5, 5.41) is 0. The van der Waals surface area contributed by atoms with Crippen LogP contribution in [0.4, 0.5) is 13.2 Å². The van der Waals surface area contributed by atoms with Crippen LogP contribution in [-0.2, 0) is 12.6 Å². The predicted molar refractivity (Wildman–Crippen MR) is 38.8 cm³/mol. The summed E-state index contributed by atoms with van der Waals surface area (Å²) in [5.41, 5.74) is 0. The molecule has 66 valence electrons. The van der Waals surface area contributed by atoms with Crippen LogP contribution in [-0.4, -0.2) is 6.36 Å². The minimum absolute atomic E-state index is 0.254. The number of benzene rings is 1. The van der Waals surface area contributed by atoms with Crippen LogP contribution in [0, 0.1) is 0 Å². The van der Waals surface area contributed by atoms with Crippen LogP contribution in [0.2, 0.25) is 0 Å². The minimum atomic E-state index is -4.64. The summed E-state index contributed by atoms with van der Waals surface area (Å²) in [6.45, 7) is 0. The summed E-state index contributed by atoms with van der Waals surface area (Å²) in [6.07, 6.45) is -4.64. The average Bonchev–Trinajstić information content (AvgIpc) is 1.91. The van der Waals surface area contributed by atoms with E-state index in [1.54, 1.807) is 0 Å². The molecule has 1 aromatic carbocycles. The zero-order chi connectivity index (χ0) is 9.19. The molecule has 1 nitrogen and oxygen atoms in total. The average molecular weight is 193 g/mol. The molecule has 0 spiro atoms. The van der Waals surface area contributed by atoms with Crippen LogP contribution < -0.4 is 4.74 Å². The first-order valence-electron chi connectivity index (χ1n) is 3.00. The van der Waals surface area contributed by atoms with Crippen LogP contribution >= 0.6 is 0 Å². The Balaban J connectivity index is 2.71. The zero-order valence-corrected chi connectivity index (χ0v) is 6.58. The van der Waals surface area contributed by atoms with Gasteiger partial charge in [-0.1, -0.05) is 12.1 Å². The summed E-state index contributed by atoms with van der Waals surface area (Å²) in [4.78, 5) is 0.476. The normalized spacial score (nSPS) is 11.2. The molecule has 0 amide bonds. The molecule has 0 aliphatic rings. The first-order valence-corrected chi connectivity index (χ1v) is 3.41. The fourth-order valence-electron chi connectivity index (χ4n) is 0.641. The second-order valence-corrected chi connectivity index (χ2v) is 2.49.